The zero-order chi connectivity index (χ0) is 23.1. The summed E-state index contributed by atoms with van der Waals surface area (Å²) in [5.41, 5.74) is 0.400. The number of nitrogens with one attached hydrogen (secondary N) is 1. The van der Waals surface area contributed by atoms with Gasteiger partial charge in [0.05, 0.1) is 18.8 Å². The highest BCUT2D eigenvalue weighted by Gasteiger charge is 2.27. The number of rotatable bonds is 10. The highest BCUT2D eigenvalue weighted by Crippen LogP contribution is 2.27. The first-order valence-electron chi connectivity index (χ1n) is 11.9. The fourth-order valence-electron chi connectivity index (χ4n) is 4.59. The van der Waals surface area contributed by atoms with E-state index in [1.165, 1.54) is 6.26 Å². The van der Waals surface area contributed by atoms with Crippen LogP contribution < -0.4 is 5.32 Å². The van der Waals surface area contributed by atoms with Crippen LogP contribution in [0.25, 0.3) is 0 Å². The first kappa shape index (κ1) is 24.7. The first-order chi connectivity index (χ1) is 15.2. The number of hydrogen-bond donors (Lipinski definition) is 1. The van der Waals surface area contributed by atoms with Gasteiger partial charge in [-0.3, -0.25) is 9.59 Å². The molecule has 3 unspecified atom stereocenters. The molecule has 0 bridgehead atoms. The zero-order valence-corrected chi connectivity index (χ0v) is 20.0. The lowest BCUT2D eigenvalue weighted by atomic mass is 9.84. The lowest BCUT2D eigenvalue weighted by Crippen LogP contribution is -2.38. The van der Waals surface area contributed by atoms with Crippen LogP contribution in [-0.2, 0) is 20.8 Å². The Labute approximate surface area is 191 Å². The second-order valence-corrected chi connectivity index (χ2v) is 10.5. The molecule has 0 spiro atoms. The molecule has 2 saturated heterocycles. The molecule has 3 rings (SSSR count). The summed E-state index contributed by atoms with van der Waals surface area (Å²) in [6.07, 6.45) is 6.86. The van der Waals surface area contributed by atoms with E-state index < -0.39 is 0 Å². The fourth-order valence-corrected chi connectivity index (χ4v) is 4.59. The van der Waals surface area contributed by atoms with Crippen LogP contribution in [0.5, 0.6) is 0 Å². The average Bonchev–Trinajstić information content (AvgIpc) is 3.46. The van der Waals surface area contributed by atoms with Crippen molar-refractivity contribution in [2.24, 2.45) is 11.3 Å². The SMILES string of the molecule is CC(CC(=O)N(Cc1nc(C(=O)NCC2CCCO2)co1)CC1CCCO1)CC(C)(C)C. The molecule has 0 aliphatic carbocycles. The largest absolute Gasteiger partial charge is 0.446 e. The Kier molecular flexibility index (Phi) is 8.71. The molecule has 1 N–H and O–H groups in total. The summed E-state index contributed by atoms with van der Waals surface area (Å²) in [6.45, 7) is 11.4. The van der Waals surface area contributed by atoms with E-state index in [0.29, 0.717) is 25.4 Å². The molecule has 0 aromatic carbocycles. The van der Waals surface area contributed by atoms with Gasteiger partial charge in [0.25, 0.3) is 5.91 Å². The molecule has 2 aliphatic heterocycles. The number of carbonyl (C=O) groups is 2. The van der Waals surface area contributed by atoms with Crippen LogP contribution in [0.3, 0.4) is 0 Å². The van der Waals surface area contributed by atoms with Crippen LogP contribution in [0.15, 0.2) is 10.7 Å². The molecule has 8 heteroatoms. The van der Waals surface area contributed by atoms with E-state index in [4.69, 9.17) is 13.9 Å². The molecule has 32 heavy (non-hydrogen) atoms. The van der Waals surface area contributed by atoms with Crippen molar-refractivity contribution in [3.8, 4) is 0 Å². The second kappa shape index (κ2) is 11.3. The molecule has 0 radical (unpaired) electrons. The third-order valence-electron chi connectivity index (χ3n) is 5.91. The van der Waals surface area contributed by atoms with Gasteiger partial charge >= 0.3 is 0 Å². The highest BCUT2D eigenvalue weighted by molar-refractivity contribution is 5.91. The van der Waals surface area contributed by atoms with Crippen LogP contribution >= 0.6 is 0 Å². The quantitative estimate of drug-likeness (QED) is 0.587. The molecule has 3 heterocycles. The van der Waals surface area contributed by atoms with Crippen molar-refractivity contribution in [1.82, 2.24) is 15.2 Å². The zero-order valence-electron chi connectivity index (χ0n) is 20.0. The average molecular weight is 450 g/mol. The molecule has 1 aromatic heterocycles. The van der Waals surface area contributed by atoms with Crippen LogP contribution in [-0.4, -0.2) is 60.2 Å². The molecule has 0 saturated carbocycles. The summed E-state index contributed by atoms with van der Waals surface area (Å²) in [5, 5.41) is 2.85. The molecule has 2 amide bonds. The molecule has 3 atom stereocenters. The Hall–Kier alpha value is -1.93. The number of aromatic nitrogens is 1. The lowest BCUT2D eigenvalue weighted by molar-refractivity contribution is -0.134. The predicted octanol–water partition coefficient (Wildman–Crippen LogP) is 3.55. The van der Waals surface area contributed by atoms with Gasteiger partial charge in [-0.25, -0.2) is 4.98 Å². The van der Waals surface area contributed by atoms with Crippen LogP contribution in [0.1, 0.15) is 82.6 Å². The van der Waals surface area contributed by atoms with Crippen LogP contribution in [0.2, 0.25) is 0 Å². The molecular formula is C24H39N3O5. The van der Waals surface area contributed by atoms with Crippen LogP contribution in [0.4, 0.5) is 0 Å². The normalized spacial score (nSPS) is 22.1. The highest BCUT2D eigenvalue weighted by atomic mass is 16.5. The minimum absolute atomic E-state index is 0.0426. The monoisotopic (exact) mass is 449 g/mol. The van der Waals surface area contributed by atoms with Gasteiger partial charge in [0.2, 0.25) is 11.8 Å². The van der Waals surface area contributed by atoms with Gasteiger partial charge in [0.15, 0.2) is 5.69 Å². The number of nitrogens with zero attached hydrogens (tertiary/aromatic N) is 2. The van der Waals surface area contributed by atoms with Crippen molar-refractivity contribution >= 4 is 11.8 Å². The minimum Gasteiger partial charge on any atom is -0.446 e. The first-order valence-corrected chi connectivity index (χ1v) is 11.9. The van der Waals surface area contributed by atoms with E-state index in [9.17, 15) is 9.59 Å². The Balaban J connectivity index is 1.58. The molecular weight excluding hydrogens is 410 g/mol. The topological polar surface area (TPSA) is 93.9 Å². The van der Waals surface area contributed by atoms with E-state index >= 15 is 0 Å². The van der Waals surface area contributed by atoms with Gasteiger partial charge in [-0.2, -0.15) is 0 Å². The number of ether oxygens (including phenoxy) is 2. The summed E-state index contributed by atoms with van der Waals surface area (Å²) in [6, 6.07) is 0. The van der Waals surface area contributed by atoms with Crippen molar-refractivity contribution in [3.05, 3.63) is 17.8 Å². The minimum atomic E-state index is -0.286. The number of oxazole rings is 1. The van der Waals surface area contributed by atoms with E-state index in [2.05, 4.69) is 38.0 Å². The number of hydrogen-bond acceptors (Lipinski definition) is 6. The Morgan fingerprint density at radius 2 is 1.88 bits per heavy atom. The van der Waals surface area contributed by atoms with E-state index in [1.54, 1.807) is 4.90 Å². The number of amides is 2. The lowest BCUT2D eigenvalue weighted by Gasteiger charge is -2.27. The molecule has 2 aliphatic rings. The smallest absolute Gasteiger partial charge is 0.273 e. The number of carbonyl (C=O) groups excluding carboxylic acids is 2. The van der Waals surface area contributed by atoms with Gasteiger partial charge in [-0.1, -0.05) is 27.7 Å². The van der Waals surface area contributed by atoms with Crippen molar-refractivity contribution in [3.63, 3.8) is 0 Å². The standard InChI is InChI=1S/C24H39N3O5/c1-17(12-24(2,3)4)11-22(28)27(14-19-8-6-10-31-19)15-21-26-20(16-32-21)23(29)25-13-18-7-5-9-30-18/h16-19H,5-15H2,1-4H3,(H,25,29). The molecule has 2 fully saturated rings. The van der Waals surface area contributed by atoms with Gasteiger partial charge in [-0.15, -0.1) is 0 Å². The third kappa shape index (κ3) is 7.89. The second-order valence-electron chi connectivity index (χ2n) is 10.5. The summed E-state index contributed by atoms with van der Waals surface area (Å²) < 4.78 is 16.8. The van der Waals surface area contributed by atoms with E-state index in [1.807, 2.05) is 0 Å². The summed E-state index contributed by atoms with van der Waals surface area (Å²) in [4.78, 5) is 31.6. The maximum Gasteiger partial charge on any atom is 0.273 e. The van der Waals surface area contributed by atoms with Crippen molar-refractivity contribution in [2.75, 3.05) is 26.3 Å². The van der Waals surface area contributed by atoms with Gasteiger partial charge in [0.1, 0.15) is 6.26 Å². The summed E-state index contributed by atoms with van der Waals surface area (Å²) in [5.74, 6) is 0.423. The molecule has 1 aromatic rings. The summed E-state index contributed by atoms with van der Waals surface area (Å²) >= 11 is 0. The van der Waals surface area contributed by atoms with E-state index in [0.717, 1.165) is 45.3 Å². The predicted molar refractivity (Wildman–Crippen MR) is 120 cm³/mol. The van der Waals surface area contributed by atoms with Gasteiger partial charge < -0.3 is 24.1 Å². The Bertz CT molecular complexity index is 745. The Morgan fingerprint density at radius 3 is 2.50 bits per heavy atom. The van der Waals surface area contributed by atoms with Crippen molar-refractivity contribution in [2.45, 2.75) is 85.0 Å². The fraction of sp³-hybridized carbons (Fsp3) is 0.792. The van der Waals surface area contributed by atoms with Crippen LogP contribution in [0, 0.1) is 11.3 Å². The molecule has 180 valence electrons. The maximum atomic E-state index is 13.1. The van der Waals surface area contributed by atoms with Crippen molar-refractivity contribution in [1.29, 1.82) is 0 Å². The van der Waals surface area contributed by atoms with Crippen molar-refractivity contribution < 1.29 is 23.5 Å². The Morgan fingerprint density at radius 1 is 1.19 bits per heavy atom. The third-order valence-corrected chi connectivity index (χ3v) is 5.91. The van der Waals surface area contributed by atoms with E-state index in [-0.39, 0.29) is 47.6 Å². The molecule has 8 nitrogen and oxygen atoms in total. The maximum absolute atomic E-state index is 13.1. The van der Waals surface area contributed by atoms with Gasteiger partial charge in [0, 0.05) is 32.7 Å². The van der Waals surface area contributed by atoms with Gasteiger partial charge in [-0.05, 0) is 43.4 Å². The summed E-state index contributed by atoms with van der Waals surface area (Å²) in [7, 11) is 0.